The van der Waals surface area contributed by atoms with Crippen molar-refractivity contribution in [2.75, 3.05) is 46.5 Å². The Morgan fingerprint density at radius 2 is 1.63 bits per heavy atom. The first-order chi connectivity index (χ1) is 21.4. The van der Waals surface area contributed by atoms with E-state index >= 15 is 0 Å². The first-order valence-electron chi connectivity index (χ1n) is 15.8. The van der Waals surface area contributed by atoms with Crippen LogP contribution >= 0.6 is 19.4 Å². The second kappa shape index (κ2) is 18.1. The predicted molar refractivity (Wildman–Crippen MR) is 194 cm³/mol. The van der Waals surface area contributed by atoms with E-state index in [0.29, 0.717) is 48.9 Å². The number of hydrogen-bond donors (Lipinski definition) is 0. The molecule has 0 fully saturated rings. The molecule has 0 amide bonds. The fourth-order valence-electron chi connectivity index (χ4n) is 4.71. The maximum absolute atomic E-state index is 13.3. The smallest absolute Gasteiger partial charge is 0.342 e. The zero-order chi connectivity index (χ0) is 34.7. The Morgan fingerprint density at radius 3 is 2.22 bits per heavy atom. The molecular formula is C33H55O9PSSi2. The standard InChI is InChI=1S/C33H55O9PSSi2/c1-24(22-28(32(34)41-17-21-46(9,10)11)44-19-13-12-18-43(36,38-4)39-5)14-15-26-30(37-3)25(2)27-23-42-33(35)29(27)31(26)40-16-20-45(6,7)8/h12-14,28H,15-23H2,1-11H3/b13-12+,24-14+/t28-/m0/s1. The van der Waals surface area contributed by atoms with Crippen LogP contribution in [0.4, 0.5) is 0 Å². The summed E-state index contributed by atoms with van der Waals surface area (Å²) in [5.74, 6) is 1.14. The van der Waals surface area contributed by atoms with Crippen molar-refractivity contribution in [3.05, 3.63) is 46.1 Å². The van der Waals surface area contributed by atoms with Gasteiger partial charge in [0.05, 0.1) is 26.5 Å². The van der Waals surface area contributed by atoms with Crippen molar-refractivity contribution in [3.8, 4) is 11.5 Å². The molecule has 13 heteroatoms. The van der Waals surface area contributed by atoms with E-state index in [1.54, 1.807) is 13.2 Å². The number of ether oxygens (including phenoxy) is 4. The van der Waals surface area contributed by atoms with Gasteiger partial charge in [0, 0.05) is 47.2 Å². The lowest BCUT2D eigenvalue weighted by Gasteiger charge is -2.22. The van der Waals surface area contributed by atoms with Crippen LogP contribution in [0.3, 0.4) is 0 Å². The van der Waals surface area contributed by atoms with E-state index in [4.69, 9.17) is 28.0 Å². The molecule has 0 aromatic heterocycles. The molecule has 1 heterocycles. The normalized spacial score (nSPS) is 14.8. The highest BCUT2D eigenvalue weighted by molar-refractivity contribution is 8.00. The molecule has 0 unspecified atom stereocenters. The summed E-state index contributed by atoms with van der Waals surface area (Å²) in [4.78, 5) is 26.1. The summed E-state index contributed by atoms with van der Waals surface area (Å²) in [7, 11) is -1.52. The number of cyclic esters (lactones) is 1. The Balaban J connectivity index is 2.32. The predicted octanol–water partition coefficient (Wildman–Crippen LogP) is 8.30. The molecule has 0 saturated heterocycles. The van der Waals surface area contributed by atoms with Crippen molar-refractivity contribution in [2.24, 2.45) is 0 Å². The SMILES string of the molecule is COc1c(C)c2c(c(OCC[Si](C)(C)C)c1C/C=C(\C)C[C@H](SC/C=C/CP(=O)(OC)OC)C(=O)OCC[Si](C)(C)C)C(=O)OC2. The van der Waals surface area contributed by atoms with Crippen LogP contribution < -0.4 is 9.47 Å². The molecule has 1 aliphatic rings. The van der Waals surface area contributed by atoms with Gasteiger partial charge in [0.1, 0.15) is 28.9 Å². The van der Waals surface area contributed by atoms with Crippen LogP contribution in [0.5, 0.6) is 11.5 Å². The fourth-order valence-corrected chi connectivity index (χ4v) is 8.06. The molecule has 1 aromatic rings. The summed E-state index contributed by atoms with van der Waals surface area (Å²) in [6, 6.07) is 1.84. The van der Waals surface area contributed by atoms with E-state index in [-0.39, 0.29) is 24.7 Å². The molecule has 0 N–H and O–H groups in total. The van der Waals surface area contributed by atoms with E-state index in [0.717, 1.165) is 34.4 Å². The number of carbonyl (C=O) groups excluding carboxylic acids is 2. The minimum absolute atomic E-state index is 0.155. The third kappa shape index (κ3) is 12.7. The van der Waals surface area contributed by atoms with Gasteiger partial charge in [0.25, 0.3) is 0 Å². The molecule has 0 aliphatic carbocycles. The van der Waals surface area contributed by atoms with E-state index < -0.39 is 29.0 Å². The average Bonchev–Trinajstić information content (AvgIpc) is 3.36. The summed E-state index contributed by atoms with van der Waals surface area (Å²) in [6.07, 6.45) is 6.81. The Hall–Kier alpha value is -1.83. The number of allylic oxidation sites excluding steroid dienone is 3. The van der Waals surface area contributed by atoms with Crippen molar-refractivity contribution in [2.45, 2.75) is 89.9 Å². The molecule has 1 aliphatic heterocycles. The van der Waals surface area contributed by atoms with Crippen molar-refractivity contribution < 1.29 is 42.1 Å². The van der Waals surface area contributed by atoms with Gasteiger partial charge in [0.2, 0.25) is 0 Å². The number of methoxy groups -OCH3 is 1. The molecule has 9 nitrogen and oxygen atoms in total. The molecule has 0 spiro atoms. The number of esters is 2. The topological polar surface area (TPSA) is 107 Å². The molecule has 2 rings (SSSR count). The second-order valence-electron chi connectivity index (χ2n) is 13.9. The largest absolute Gasteiger partial charge is 0.496 e. The minimum Gasteiger partial charge on any atom is -0.496 e. The van der Waals surface area contributed by atoms with E-state index in [9.17, 15) is 14.2 Å². The average molecular weight is 715 g/mol. The first-order valence-corrected chi connectivity index (χ1v) is 26.0. The van der Waals surface area contributed by atoms with Crippen LogP contribution in [0.1, 0.15) is 40.4 Å². The van der Waals surface area contributed by atoms with Crippen molar-refractivity contribution in [1.82, 2.24) is 0 Å². The molecule has 0 saturated carbocycles. The van der Waals surface area contributed by atoms with Crippen molar-refractivity contribution >= 4 is 47.4 Å². The molecule has 260 valence electrons. The lowest BCUT2D eigenvalue weighted by atomic mass is 9.94. The molecule has 46 heavy (non-hydrogen) atoms. The zero-order valence-electron chi connectivity index (χ0n) is 29.7. The van der Waals surface area contributed by atoms with Gasteiger partial charge < -0.3 is 28.0 Å². The van der Waals surface area contributed by atoms with Gasteiger partial charge in [-0.05, 0) is 44.3 Å². The fraction of sp³-hybridized carbons (Fsp3) is 0.636. The summed E-state index contributed by atoms with van der Waals surface area (Å²) >= 11 is 1.48. The maximum atomic E-state index is 13.3. The Kier molecular flexibility index (Phi) is 15.9. The number of fused-ring (bicyclic) bond motifs is 1. The lowest BCUT2D eigenvalue weighted by molar-refractivity contribution is -0.142. The number of benzene rings is 1. The van der Waals surface area contributed by atoms with E-state index in [2.05, 4.69) is 45.4 Å². The van der Waals surface area contributed by atoms with Crippen LogP contribution in [0, 0.1) is 6.92 Å². The molecule has 1 aromatic carbocycles. The number of hydrogen-bond acceptors (Lipinski definition) is 10. The van der Waals surface area contributed by atoms with Gasteiger partial charge in [-0.3, -0.25) is 9.36 Å². The third-order valence-corrected chi connectivity index (χ3v) is 14.0. The van der Waals surface area contributed by atoms with Crippen molar-refractivity contribution in [1.29, 1.82) is 0 Å². The zero-order valence-corrected chi connectivity index (χ0v) is 33.4. The van der Waals surface area contributed by atoms with Gasteiger partial charge >= 0.3 is 19.5 Å². The van der Waals surface area contributed by atoms with Gasteiger partial charge in [-0.25, -0.2) is 4.79 Å². The molecular weight excluding hydrogens is 660 g/mol. The lowest BCUT2D eigenvalue weighted by Crippen LogP contribution is -2.26. The van der Waals surface area contributed by atoms with E-state index in [1.165, 1.54) is 26.0 Å². The second-order valence-corrected chi connectivity index (χ2v) is 28.7. The highest BCUT2D eigenvalue weighted by Crippen LogP contribution is 2.46. The Labute approximate surface area is 282 Å². The summed E-state index contributed by atoms with van der Waals surface area (Å²) < 4.78 is 45.7. The maximum Gasteiger partial charge on any atom is 0.342 e. The number of rotatable bonds is 20. The summed E-state index contributed by atoms with van der Waals surface area (Å²) in [5, 5.41) is -0.426. The van der Waals surface area contributed by atoms with Gasteiger partial charge in [-0.2, -0.15) is 0 Å². The number of carbonyl (C=O) groups is 2. The highest BCUT2D eigenvalue weighted by Gasteiger charge is 2.33. The van der Waals surface area contributed by atoms with Crippen LogP contribution in [0.15, 0.2) is 23.8 Å². The van der Waals surface area contributed by atoms with Gasteiger partial charge in [-0.1, -0.05) is 63.1 Å². The van der Waals surface area contributed by atoms with E-state index in [1.807, 2.05) is 19.9 Å². The Bertz CT molecular complexity index is 1310. The van der Waals surface area contributed by atoms with Crippen LogP contribution in [-0.4, -0.2) is 79.8 Å². The quantitative estimate of drug-likeness (QED) is 0.0567. The van der Waals surface area contributed by atoms with Gasteiger partial charge in [0.15, 0.2) is 0 Å². The van der Waals surface area contributed by atoms with Crippen LogP contribution in [0.2, 0.25) is 51.4 Å². The van der Waals surface area contributed by atoms with Crippen LogP contribution in [0.25, 0.3) is 0 Å². The first kappa shape index (κ1) is 40.3. The third-order valence-electron chi connectivity index (χ3n) is 7.69. The molecule has 0 bridgehead atoms. The molecule has 0 radical (unpaired) electrons. The van der Waals surface area contributed by atoms with Crippen molar-refractivity contribution in [3.63, 3.8) is 0 Å². The molecule has 1 atom stereocenters. The van der Waals surface area contributed by atoms with Gasteiger partial charge in [-0.15, -0.1) is 11.8 Å². The highest BCUT2D eigenvalue weighted by atomic mass is 32.2. The monoisotopic (exact) mass is 714 g/mol. The Morgan fingerprint density at radius 1 is 1.00 bits per heavy atom. The minimum atomic E-state index is -3.14. The summed E-state index contributed by atoms with van der Waals surface area (Å²) in [6.45, 7) is 18.7. The summed E-state index contributed by atoms with van der Waals surface area (Å²) in [5.41, 5.74) is 3.99. The van der Waals surface area contributed by atoms with Crippen LogP contribution in [-0.2, 0) is 40.9 Å². The number of thioether (sulfide) groups is 1.